The van der Waals surface area contributed by atoms with Crippen molar-refractivity contribution in [2.45, 2.75) is 25.5 Å². The van der Waals surface area contributed by atoms with Gasteiger partial charge in [0, 0.05) is 11.6 Å². The molecule has 0 bridgehead atoms. The summed E-state index contributed by atoms with van der Waals surface area (Å²) in [5, 5.41) is 0. The smallest absolute Gasteiger partial charge is 0.332 e. The molecule has 2 rings (SSSR count). The van der Waals surface area contributed by atoms with E-state index in [9.17, 15) is 4.79 Å². The summed E-state index contributed by atoms with van der Waals surface area (Å²) in [6.45, 7) is 2.01. The van der Waals surface area contributed by atoms with Crippen LogP contribution in [0.2, 0.25) is 0 Å². The van der Waals surface area contributed by atoms with Crippen LogP contribution in [0.15, 0.2) is 18.2 Å². The fourth-order valence-electron chi connectivity index (χ4n) is 2.41. The Morgan fingerprint density at radius 3 is 2.95 bits per heavy atom. The maximum absolute atomic E-state index is 11.4. The van der Waals surface area contributed by atoms with E-state index in [1.807, 2.05) is 18.2 Å². The number of nitrogens with two attached hydrogens (primary N) is 1. The Hall–Kier alpha value is -1.59. The van der Waals surface area contributed by atoms with E-state index in [-0.39, 0.29) is 24.7 Å². The molecule has 1 aromatic carbocycles. The first kappa shape index (κ1) is 13.8. The van der Waals surface area contributed by atoms with Crippen LogP contribution in [-0.2, 0) is 20.7 Å². The average molecular weight is 265 g/mol. The number of methoxy groups -OCH3 is 1. The normalized spacial score (nSPS) is 21.0. The van der Waals surface area contributed by atoms with Crippen molar-refractivity contribution in [3.05, 3.63) is 29.3 Å². The van der Waals surface area contributed by atoms with Crippen LogP contribution in [0.1, 0.15) is 24.2 Å². The van der Waals surface area contributed by atoms with Crippen LogP contribution in [0.3, 0.4) is 0 Å². The van der Waals surface area contributed by atoms with Crippen LogP contribution in [0.4, 0.5) is 0 Å². The van der Waals surface area contributed by atoms with Gasteiger partial charge in [0.2, 0.25) is 0 Å². The number of carbonyl (C=O) groups is 1. The predicted molar refractivity (Wildman–Crippen MR) is 70.0 cm³/mol. The standard InChI is InChI=1S/C14H19NO4/c1-3-18-12(16)8-19-14-10(15)7-9-5-4-6-11(17-2)13(9)14/h4-6,10,14H,3,7-8,15H2,1-2H3. The van der Waals surface area contributed by atoms with Crippen LogP contribution in [0.5, 0.6) is 5.75 Å². The van der Waals surface area contributed by atoms with Gasteiger partial charge in [-0.1, -0.05) is 12.1 Å². The summed E-state index contributed by atoms with van der Waals surface area (Å²) >= 11 is 0. The highest BCUT2D eigenvalue weighted by atomic mass is 16.6. The maximum atomic E-state index is 11.4. The summed E-state index contributed by atoms with van der Waals surface area (Å²) in [5.74, 6) is 0.373. The molecule has 1 aliphatic rings. The van der Waals surface area contributed by atoms with Crippen LogP contribution < -0.4 is 10.5 Å². The molecule has 0 aliphatic heterocycles. The Balaban J connectivity index is 2.13. The molecule has 1 aliphatic carbocycles. The van der Waals surface area contributed by atoms with Crippen molar-refractivity contribution in [1.29, 1.82) is 0 Å². The van der Waals surface area contributed by atoms with E-state index in [4.69, 9.17) is 19.9 Å². The lowest BCUT2D eigenvalue weighted by Gasteiger charge is -2.19. The van der Waals surface area contributed by atoms with Gasteiger partial charge in [-0.15, -0.1) is 0 Å². The van der Waals surface area contributed by atoms with Gasteiger partial charge in [-0.3, -0.25) is 0 Å². The van der Waals surface area contributed by atoms with Crippen molar-refractivity contribution in [2.75, 3.05) is 20.3 Å². The van der Waals surface area contributed by atoms with E-state index in [2.05, 4.69) is 0 Å². The molecule has 5 nitrogen and oxygen atoms in total. The Morgan fingerprint density at radius 2 is 2.26 bits per heavy atom. The zero-order chi connectivity index (χ0) is 13.8. The highest BCUT2D eigenvalue weighted by molar-refractivity contribution is 5.70. The summed E-state index contributed by atoms with van der Waals surface area (Å²) < 4.78 is 15.8. The number of benzene rings is 1. The minimum atomic E-state index is -0.377. The second-order valence-corrected chi connectivity index (χ2v) is 4.44. The summed E-state index contributed by atoms with van der Waals surface area (Å²) in [6.07, 6.45) is 0.399. The molecule has 2 atom stereocenters. The number of esters is 1. The second-order valence-electron chi connectivity index (χ2n) is 4.44. The fourth-order valence-corrected chi connectivity index (χ4v) is 2.41. The van der Waals surface area contributed by atoms with Crippen molar-refractivity contribution in [3.63, 3.8) is 0 Å². The quantitative estimate of drug-likeness (QED) is 0.810. The lowest BCUT2D eigenvalue weighted by atomic mass is 10.1. The molecule has 0 amide bonds. The van der Waals surface area contributed by atoms with E-state index in [1.54, 1.807) is 14.0 Å². The first-order valence-electron chi connectivity index (χ1n) is 6.36. The minimum absolute atomic E-state index is 0.0936. The molecule has 5 heteroatoms. The molecule has 0 fully saturated rings. The lowest BCUT2D eigenvalue weighted by Crippen LogP contribution is -2.28. The Kier molecular flexibility index (Phi) is 4.39. The minimum Gasteiger partial charge on any atom is -0.496 e. The monoisotopic (exact) mass is 265 g/mol. The van der Waals surface area contributed by atoms with Crippen molar-refractivity contribution < 1.29 is 19.0 Å². The van der Waals surface area contributed by atoms with Gasteiger partial charge in [0.1, 0.15) is 18.5 Å². The topological polar surface area (TPSA) is 70.8 Å². The predicted octanol–water partition coefficient (Wildman–Crippen LogP) is 1.20. The van der Waals surface area contributed by atoms with Crippen molar-refractivity contribution >= 4 is 5.97 Å². The molecular weight excluding hydrogens is 246 g/mol. The number of ether oxygens (including phenoxy) is 3. The van der Waals surface area contributed by atoms with Gasteiger partial charge in [0.15, 0.2) is 0 Å². The van der Waals surface area contributed by atoms with Crippen LogP contribution in [0, 0.1) is 0 Å². The van der Waals surface area contributed by atoms with Gasteiger partial charge in [-0.05, 0) is 25.0 Å². The molecule has 0 saturated carbocycles. The zero-order valence-corrected chi connectivity index (χ0v) is 11.2. The van der Waals surface area contributed by atoms with E-state index < -0.39 is 0 Å². The third-order valence-electron chi connectivity index (χ3n) is 3.19. The van der Waals surface area contributed by atoms with Crippen LogP contribution in [-0.4, -0.2) is 32.3 Å². The highest BCUT2D eigenvalue weighted by Gasteiger charge is 2.34. The molecule has 0 spiro atoms. The van der Waals surface area contributed by atoms with Gasteiger partial charge in [0.25, 0.3) is 0 Å². The van der Waals surface area contributed by atoms with Crippen molar-refractivity contribution in [1.82, 2.24) is 0 Å². The van der Waals surface area contributed by atoms with Gasteiger partial charge < -0.3 is 19.9 Å². The third kappa shape index (κ3) is 2.88. The van der Waals surface area contributed by atoms with Crippen molar-refractivity contribution in [3.8, 4) is 5.75 Å². The van der Waals surface area contributed by atoms with Crippen molar-refractivity contribution in [2.24, 2.45) is 5.73 Å². The van der Waals surface area contributed by atoms with Crippen LogP contribution in [0.25, 0.3) is 0 Å². The molecule has 19 heavy (non-hydrogen) atoms. The number of rotatable bonds is 5. The first-order chi connectivity index (χ1) is 9.17. The lowest BCUT2D eigenvalue weighted by molar-refractivity contribution is -0.150. The Morgan fingerprint density at radius 1 is 1.47 bits per heavy atom. The summed E-state index contributed by atoms with van der Waals surface area (Å²) in [4.78, 5) is 11.4. The molecule has 0 aromatic heterocycles. The molecule has 104 valence electrons. The zero-order valence-electron chi connectivity index (χ0n) is 11.2. The van der Waals surface area contributed by atoms with Gasteiger partial charge in [0.05, 0.1) is 13.7 Å². The number of fused-ring (bicyclic) bond motifs is 1. The van der Waals surface area contributed by atoms with E-state index in [1.165, 1.54) is 0 Å². The van der Waals surface area contributed by atoms with E-state index in [0.717, 1.165) is 23.3 Å². The number of hydrogen-bond donors (Lipinski definition) is 1. The highest BCUT2D eigenvalue weighted by Crippen LogP contribution is 2.39. The van der Waals surface area contributed by atoms with Gasteiger partial charge in [-0.2, -0.15) is 0 Å². The first-order valence-corrected chi connectivity index (χ1v) is 6.36. The second kappa shape index (κ2) is 6.04. The molecule has 0 saturated heterocycles. The van der Waals surface area contributed by atoms with Gasteiger partial charge in [-0.25, -0.2) is 4.79 Å². The molecule has 2 N–H and O–H groups in total. The SMILES string of the molecule is CCOC(=O)COC1c2c(cccc2OC)CC1N. The number of hydrogen-bond acceptors (Lipinski definition) is 5. The summed E-state index contributed by atoms with van der Waals surface area (Å²) in [6, 6.07) is 5.64. The summed E-state index contributed by atoms with van der Waals surface area (Å²) in [7, 11) is 1.61. The third-order valence-corrected chi connectivity index (χ3v) is 3.19. The average Bonchev–Trinajstić information content (AvgIpc) is 2.72. The Labute approximate surface area is 112 Å². The molecule has 1 aromatic rings. The van der Waals surface area contributed by atoms with E-state index in [0.29, 0.717) is 6.61 Å². The fraction of sp³-hybridized carbons (Fsp3) is 0.500. The van der Waals surface area contributed by atoms with Crippen LogP contribution >= 0.6 is 0 Å². The van der Waals surface area contributed by atoms with Gasteiger partial charge >= 0.3 is 5.97 Å². The van der Waals surface area contributed by atoms with E-state index >= 15 is 0 Å². The number of carbonyl (C=O) groups excluding carboxylic acids is 1. The Bertz CT molecular complexity index is 461. The largest absolute Gasteiger partial charge is 0.496 e. The molecule has 0 radical (unpaired) electrons. The summed E-state index contributed by atoms with van der Waals surface area (Å²) in [5.41, 5.74) is 8.14. The maximum Gasteiger partial charge on any atom is 0.332 e. The molecular formula is C14H19NO4. The molecule has 2 unspecified atom stereocenters. The molecule has 0 heterocycles.